The number of hydrogen-bond acceptors (Lipinski definition) is 5. The van der Waals surface area contributed by atoms with Gasteiger partial charge in [0.25, 0.3) is 0 Å². The van der Waals surface area contributed by atoms with Crippen LogP contribution in [0.3, 0.4) is 0 Å². The molecule has 1 aromatic carbocycles. The van der Waals surface area contributed by atoms with E-state index in [2.05, 4.69) is 10.2 Å². The van der Waals surface area contributed by atoms with Crippen LogP contribution in [0, 0.1) is 12.3 Å². The van der Waals surface area contributed by atoms with Gasteiger partial charge in [-0.15, -0.1) is 10.2 Å². The second kappa shape index (κ2) is 4.50. The lowest BCUT2D eigenvalue weighted by Gasteiger charge is -2.15. The summed E-state index contributed by atoms with van der Waals surface area (Å²) in [4.78, 5) is 1.93. The van der Waals surface area contributed by atoms with Gasteiger partial charge in [0, 0.05) is 18.3 Å². The Balaban J connectivity index is 2.33. The second-order valence-corrected chi connectivity index (χ2v) is 4.79. The van der Waals surface area contributed by atoms with Gasteiger partial charge in [-0.05, 0) is 19.1 Å². The van der Waals surface area contributed by atoms with E-state index in [4.69, 9.17) is 11.1 Å². The summed E-state index contributed by atoms with van der Waals surface area (Å²) in [6.45, 7) is 1.92. The topological polar surface area (TPSA) is 78.9 Å². The van der Waals surface area contributed by atoms with E-state index in [1.54, 1.807) is 0 Å². The van der Waals surface area contributed by atoms with Crippen molar-refractivity contribution in [3.05, 3.63) is 34.8 Å². The summed E-state index contributed by atoms with van der Waals surface area (Å²) in [5, 5.41) is 17.2. The summed E-state index contributed by atoms with van der Waals surface area (Å²) >= 11 is 1.52. The molecule has 0 fully saturated rings. The summed E-state index contributed by atoms with van der Waals surface area (Å²) in [6.07, 6.45) is 0. The lowest BCUT2D eigenvalue weighted by atomic mass is 10.2. The molecule has 0 radical (unpaired) electrons. The minimum absolute atomic E-state index is 0.0636. The Morgan fingerprint density at radius 2 is 2.18 bits per heavy atom. The van der Waals surface area contributed by atoms with Crippen molar-refractivity contribution in [3.63, 3.8) is 0 Å². The molecule has 17 heavy (non-hydrogen) atoms. The highest BCUT2D eigenvalue weighted by Crippen LogP contribution is 2.26. The van der Waals surface area contributed by atoms with Gasteiger partial charge in [-0.25, -0.2) is 0 Å². The van der Waals surface area contributed by atoms with Gasteiger partial charge in [0.1, 0.15) is 10.8 Å². The normalized spacial score (nSPS) is 10.2. The van der Waals surface area contributed by atoms with Crippen LogP contribution in [0.1, 0.15) is 10.6 Å². The van der Waals surface area contributed by atoms with Gasteiger partial charge in [0.2, 0.25) is 5.13 Å². The highest BCUT2D eigenvalue weighted by atomic mass is 32.1. The fourth-order valence-corrected chi connectivity index (χ4v) is 2.08. The van der Waals surface area contributed by atoms with E-state index in [0.717, 1.165) is 15.8 Å². The predicted molar refractivity (Wildman–Crippen MR) is 70.2 cm³/mol. The Hall–Kier alpha value is -1.95. The number of nitrogens with one attached hydrogen (secondary N) is 1. The smallest absolute Gasteiger partial charge is 0.212 e. The van der Waals surface area contributed by atoms with Crippen LogP contribution in [-0.4, -0.2) is 23.1 Å². The second-order valence-electron chi connectivity index (χ2n) is 3.63. The first-order chi connectivity index (χ1) is 8.08. The van der Waals surface area contributed by atoms with Crippen molar-refractivity contribution in [1.29, 1.82) is 5.41 Å². The minimum Gasteiger partial charge on any atom is -0.384 e. The van der Waals surface area contributed by atoms with Crippen LogP contribution in [0.25, 0.3) is 0 Å². The monoisotopic (exact) mass is 247 g/mol. The van der Waals surface area contributed by atoms with Gasteiger partial charge in [-0.3, -0.25) is 5.41 Å². The number of aryl methyl sites for hydroxylation is 1. The van der Waals surface area contributed by atoms with Crippen LogP contribution in [0.4, 0.5) is 10.8 Å². The van der Waals surface area contributed by atoms with Crippen molar-refractivity contribution >= 4 is 28.0 Å². The molecule has 1 aromatic heterocycles. The van der Waals surface area contributed by atoms with Crippen LogP contribution < -0.4 is 10.6 Å². The number of nitrogens with two attached hydrogens (primary N) is 1. The average molecular weight is 247 g/mol. The van der Waals surface area contributed by atoms with Crippen molar-refractivity contribution in [3.8, 4) is 0 Å². The fraction of sp³-hybridized carbons (Fsp3) is 0.182. The third-order valence-electron chi connectivity index (χ3n) is 2.35. The highest BCUT2D eigenvalue weighted by molar-refractivity contribution is 7.15. The van der Waals surface area contributed by atoms with E-state index in [1.165, 1.54) is 11.3 Å². The lowest BCUT2D eigenvalue weighted by molar-refractivity contribution is 1.02. The summed E-state index contributed by atoms with van der Waals surface area (Å²) in [6, 6.07) is 7.49. The number of aromatic nitrogens is 2. The van der Waals surface area contributed by atoms with Crippen molar-refractivity contribution in [1.82, 2.24) is 10.2 Å². The Morgan fingerprint density at radius 3 is 2.76 bits per heavy atom. The molecule has 5 nitrogen and oxygen atoms in total. The molecular formula is C11H13N5S. The van der Waals surface area contributed by atoms with E-state index in [0.29, 0.717) is 5.56 Å². The van der Waals surface area contributed by atoms with Crippen LogP contribution in [-0.2, 0) is 0 Å². The van der Waals surface area contributed by atoms with Crippen LogP contribution >= 0.6 is 11.3 Å². The van der Waals surface area contributed by atoms with E-state index in [-0.39, 0.29) is 5.84 Å². The molecule has 2 aromatic rings. The maximum absolute atomic E-state index is 7.42. The van der Waals surface area contributed by atoms with Crippen LogP contribution in [0.15, 0.2) is 24.3 Å². The third-order valence-corrected chi connectivity index (χ3v) is 3.26. The molecule has 1 heterocycles. The molecule has 3 N–H and O–H groups in total. The molecule has 0 aliphatic heterocycles. The maximum Gasteiger partial charge on any atom is 0.212 e. The lowest BCUT2D eigenvalue weighted by Crippen LogP contribution is -2.13. The number of benzene rings is 1. The summed E-state index contributed by atoms with van der Waals surface area (Å²) in [5.41, 5.74) is 7.11. The summed E-state index contributed by atoms with van der Waals surface area (Å²) in [7, 11) is 1.92. The molecule has 0 aliphatic rings. The average Bonchev–Trinajstić information content (AvgIpc) is 2.75. The molecule has 0 unspecified atom stereocenters. The number of nitrogens with zero attached hydrogens (tertiary/aromatic N) is 3. The molecule has 0 spiro atoms. The van der Waals surface area contributed by atoms with Crippen molar-refractivity contribution in [2.45, 2.75) is 6.92 Å². The Morgan fingerprint density at radius 1 is 1.41 bits per heavy atom. The zero-order valence-electron chi connectivity index (χ0n) is 9.64. The zero-order valence-corrected chi connectivity index (χ0v) is 10.5. The van der Waals surface area contributed by atoms with Crippen molar-refractivity contribution in [2.24, 2.45) is 5.73 Å². The molecular weight excluding hydrogens is 234 g/mol. The van der Waals surface area contributed by atoms with Gasteiger partial charge in [-0.2, -0.15) is 0 Å². The van der Waals surface area contributed by atoms with Gasteiger partial charge >= 0.3 is 0 Å². The number of rotatable bonds is 3. The first-order valence-electron chi connectivity index (χ1n) is 5.06. The zero-order chi connectivity index (χ0) is 12.4. The van der Waals surface area contributed by atoms with E-state index in [9.17, 15) is 0 Å². The van der Waals surface area contributed by atoms with Crippen molar-refractivity contribution < 1.29 is 0 Å². The summed E-state index contributed by atoms with van der Waals surface area (Å²) < 4.78 is 0. The van der Waals surface area contributed by atoms with Gasteiger partial charge in [-0.1, -0.05) is 23.5 Å². The number of anilines is 2. The Kier molecular flexibility index (Phi) is 3.06. The van der Waals surface area contributed by atoms with Crippen LogP contribution in [0.2, 0.25) is 0 Å². The minimum atomic E-state index is 0.0636. The van der Waals surface area contributed by atoms with Crippen molar-refractivity contribution in [2.75, 3.05) is 11.9 Å². The largest absolute Gasteiger partial charge is 0.384 e. The molecule has 0 saturated carbocycles. The Bertz CT molecular complexity index is 548. The molecule has 0 amide bonds. The SMILES string of the molecule is Cc1nnc(N(C)c2cccc(C(=N)N)c2)s1. The van der Waals surface area contributed by atoms with Crippen LogP contribution in [0.5, 0.6) is 0 Å². The Labute approximate surface area is 103 Å². The highest BCUT2D eigenvalue weighted by Gasteiger charge is 2.09. The molecule has 0 atom stereocenters. The van der Waals surface area contributed by atoms with Gasteiger partial charge in [0.15, 0.2) is 0 Å². The molecule has 6 heteroatoms. The van der Waals surface area contributed by atoms with E-state index >= 15 is 0 Å². The third kappa shape index (κ3) is 2.42. The number of nitrogen functional groups attached to an aromatic ring is 1. The molecule has 0 bridgehead atoms. The fourth-order valence-electron chi connectivity index (χ4n) is 1.41. The first kappa shape index (κ1) is 11.5. The van der Waals surface area contributed by atoms with Gasteiger partial charge in [0.05, 0.1) is 0 Å². The van der Waals surface area contributed by atoms with E-state index in [1.807, 2.05) is 43.1 Å². The quantitative estimate of drug-likeness (QED) is 0.641. The molecule has 88 valence electrons. The maximum atomic E-state index is 7.42. The predicted octanol–water partition coefficient (Wildman–Crippen LogP) is 1.90. The molecule has 0 aliphatic carbocycles. The standard InChI is InChI=1S/C11H13N5S/c1-7-14-15-11(17-7)16(2)9-5-3-4-8(6-9)10(12)13/h3-6H,1-2H3,(H3,12,13). The number of hydrogen-bond donors (Lipinski definition) is 2. The first-order valence-corrected chi connectivity index (χ1v) is 5.88. The number of amidine groups is 1. The van der Waals surface area contributed by atoms with Gasteiger partial charge < -0.3 is 10.6 Å². The summed E-state index contributed by atoms with van der Waals surface area (Å²) in [5.74, 6) is 0.0636. The molecule has 0 saturated heterocycles. The molecule has 2 rings (SSSR count). The van der Waals surface area contributed by atoms with E-state index < -0.39 is 0 Å².